The molecule has 2 aromatic heterocycles. The van der Waals surface area contributed by atoms with E-state index in [1.165, 1.54) is 0 Å². The fraction of sp³-hybridized carbons (Fsp3) is 0.379. The standard InChI is InChI=1S/C29H32N6O8/c36-24(28(39)40)9-11-30-26(29(41)42)25(15-34-12-10-23(34)27(37)38)43-16-17-13-35(33-32-17)14-20-18-5-1-3-7-21(18)31-22-8-4-2-6-19(20)22/h1-8,13,23-26,30,36H,9-12,14-16H2,(H,37,38)(H,39,40)(H,41,42)/t23-,24-,25+,26-/m0/s1. The van der Waals surface area contributed by atoms with Crippen LogP contribution in [0.2, 0.25) is 0 Å². The Kier molecular flexibility index (Phi) is 9.21. The first-order valence-corrected chi connectivity index (χ1v) is 13.8. The molecule has 5 N–H and O–H groups in total. The number of carbonyl (C=O) groups is 3. The number of fused-ring (bicyclic) bond motifs is 2. The van der Waals surface area contributed by atoms with Crippen LogP contribution in [-0.2, 0) is 32.3 Å². The van der Waals surface area contributed by atoms with Crippen molar-refractivity contribution in [1.29, 1.82) is 0 Å². The second-order valence-electron chi connectivity index (χ2n) is 10.4. The summed E-state index contributed by atoms with van der Waals surface area (Å²) >= 11 is 0. The quantitative estimate of drug-likeness (QED) is 0.122. The number of rotatable bonds is 15. The van der Waals surface area contributed by atoms with Crippen molar-refractivity contribution in [1.82, 2.24) is 30.2 Å². The summed E-state index contributed by atoms with van der Waals surface area (Å²) in [6, 6.07) is 13.6. The average Bonchev–Trinajstić information content (AvgIpc) is 3.41. The molecule has 1 aliphatic heterocycles. The molecule has 4 aromatic rings. The zero-order valence-electron chi connectivity index (χ0n) is 23.1. The van der Waals surface area contributed by atoms with E-state index in [9.17, 15) is 29.7 Å². The van der Waals surface area contributed by atoms with Crippen LogP contribution in [-0.4, -0.2) is 107 Å². The van der Waals surface area contributed by atoms with Crippen LogP contribution in [0.1, 0.15) is 24.1 Å². The molecule has 2 aromatic carbocycles. The highest BCUT2D eigenvalue weighted by Gasteiger charge is 2.39. The highest BCUT2D eigenvalue weighted by atomic mass is 16.5. The molecule has 14 heteroatoms. The van der Waals surface area contributed by atoms with Gasteiger partial charge in [-0.15, -0.1) is 5.10 Å². The Morgan fingerprint density at radius 3 is 2.26 bits per heavy atom. The first-order valence-electron chi connectivity index (χ1n) is 13.8. The number of carboxylic acids is 3. The first kappa shape index (κ1) is 30.0. The molecule has 1 saturated heterocycles. The minimum atomic E-state index is -1.65. The topological polar surface area (TPSA) is 200 Å². The van der Waals surface area contributed by atoms with Gasteiger partial charge in [-0.3, -0.25) is 14.5 Å². The number of hydrogen-bond acceptors (Lipinski definition) is 10. The van der Waals surface area contributed by atoms with Gasteiger partial charge in [0, 0.05) is 23.9 Å². The van der Waals surface area contributed by atoms with Crippen LogP contribution in [0.3, 0.4) is 0 Å². The van der Waals surface area contributed by atoms with E-state index in [4.69, 9.17) is 14.8 Å². The summed E-state index contributed by atoms with van der Waals surface area (Å²) < 4.78 is 7.68. The van der Waals surface area contributed by atoms with Crippen LogP contribution in [0.25, 0.3) is 21.8 Å². The van der Waals surface area contributed by atoms with Crippen molar-refractivity contribution in [2.24, 2.45) is 0 Å². The maximum atomic E-state index is 12.2. The molecule has 0 spiro atoms. The molecule has 0 saturated carbocycles. The van der Waals surface area contributed by atoms with E-state index < -0.39 is 42.2 Å². The van der Waals surface area contributed by atoms with Crippen molar-refractivity contribution >= 4 is 39.7 Å². The van der Waals surface area contributed by atoms with E-state index in [2.05, 4.69) is 15.6 Å². The molecular weight excluding hydrogens is 560 g/mol. The van der Waals surface area contributed by atoms with Gasteiger partial charge in [-0.25, -0.2) is 14.5 Å². The molecule has 1 fully saturated rings. The lowest BCUT2D eigenvalue weighted by atomic mass is 10.0. The van der Waals surface area contributed by atoms with Crippen molar-refractivity contribution in [2.45, 2.75) is 50.3 Å². The molecule has 226 valence electrons. The van der Waals surface area contributed by atoms with Crippen LogP contribution in [0.5, 0.6) is 0 Å². The van der Waals surface area contributed by atoms with Crippen molar-refractivity contribution in [2.75, 3.05) is 19.6 Å². The molecule has 3 heterocycles. The monoisotopic (exact) mass is 592 g/mol. The number of aromatic nitrogens is 4. The number of benzene rings is 2. The van der Waals surface area contributed by atoms with E-state index in [0.717, 1.165) is 27.4 Å². The number of hydrogen-bond donors (Lipinski definition) is 5. The summed E-state index contributed by atoms with van der Waals surface area (Å²) in [6.07, 6.45) is -0.750. The number of aliphatic carboxylic acids is 3. The number of nitrogens with one attached hydrogen (secondary N) is 1. The summed E-state index contributed by atoms with van der Waals surface area (Å²) in [5.74, 6) is -3.68. The molecule has 0 radical (unpaired) electrons. The Labute approximate surface area is 245 Å². The highest BCUT2D eigenvalue weighted by Crippen LogP contribution is 2.27. The van der Waals surface area contributed by atoms with E-state index in [-0.39, 0.29) is 26.1 Å². The molecule has 43 heavy (non-hydrogen) atoms. The molecule has 0 aliphatic carbocycles. The minimum Gasteiger partial charge on any atom is -0.480 e. The van der Waals surface area contributed by atoms with E-state index in [1.807, 2.05) is 48.5 Å². The van der Waals surface area contributed by atoms with Gasteiger partial charge < -0.3 is 30.5 Å². The van der Waals surface area contributed by atoms with E-state index in [0.29, 0.717) is 25.2 Å². The van der Waals surface area contributed by atoms with Gasteiger partial charge in [0.1, 0.15) is 17.8 Å². The van der Waals surface area contributed by atoms with Gasteiger partial charge in [0.25, 0.3) is 0 Å². The molecule has 0 amide bonds. The number of nitrogens with zero attached hydrogens (tertiary/aromatic N) is 5. The number of para-hydroxylation sites is 2. The maximum absolute atomic E-state index is 12.2. The van der Waals surface area contributed by atoms with Crippen molar-refractivity contribution < 1.29 is 39.5 Å². The number of likely N-dealkylation sites (tertiary alicyclic amines) is 1. The smallest absolute Gasteiger partial charge is 0.332 e. The number of aliphatic hydroxyl groups is 1. The molecule has 0 unspecified atom stereocenters. The van der Waals surface area contributed by atoms with Crippen molar-refractivity contribution in [3.63, 3.8) is 0 Å². The molecule has 4 atom stereocenters. The lowest BCUT2D eigenvalue weighted by Gasteiger charge is -2.41. The zero-order valence-corrected chi connectivity index (χ0v) is 23.1. The summed E-state index contributed by atoms with van der Waals surface area (Å²) in [5, 5.41) is 51.1. The summed E-state index contributed by atoms with van der Waals surface area (Å²) in [6.45, 7) is 0.656. The predicted octanol–water partition coefficient (Wildman–Crippen LogP) is 0.950. The van der Waals surface area contributed by atoms with Gasteiger partial charge in [-0.2, -0.15) is 0 Å². The lowest BCUT2D eigenvalue weighted by molar-refractivity contribution is -0.152. The van der Waals surface area contributed by atoms with Gasteiger partial charge >= 0.3 is 17.9 Å². The van der Waals surface area contributed by atoms with Crippen LogP contribution in [0, 0.1) is 0 Å². The minimum absolute atomic E-state index is 0.00550. The zero-order chi connectivity index (χ0) is 30.5. The third-order valence-electron chi connectivity index (χ3n) is 7.59. The van der Waals surface area contributed by atoms with Gasteiger partial charge in [-0.1, -0.05) is 41.6 Å². The maximum Gasteiger partial charge on any atom is 0.332 e. The third kappa shape index (κ3) is 6.94. The van der Waals surface area contributed by atoms with Crippen molar-refractivity contribution in [3.8, 4) is 0 Å². The Morgan fingerprint density at radius 2 is 1.67 bits per heavy atom. The van der Waals surface area contributed by atoms with Gasteiger partial charge in [0.05, 0.1) is 36.5 Å². The molecular formula is C29H32N6O8. The number of ether oxygens (including phenoxy) is 1. The van der Waals surface area contributed by atoms with Gasteiger partial charge in [0.15, 0.2) is 6.10 Å². The fourth-order valence-corrected chi connectivity index (χ4v) is 5.24. The Morgan fingerprint density at radius 1 is 1.00 bits per heavy atom. The van der Waals surface area contributed by atoms with Crippen molar-refractivity contribution in [3.05, 3.63) is 66.0 Å². The molecule has 0 bridgehead atoms. The first-order chi connectivity index (χ1) is 20.7. The summed E-state index contributed by atoms with van der Waals surface area (Å²) in [5.41, 5.74) is 3.18. The molecule has 14 nitrogen and oxygen atoms in total. The van der Waals surface area contributed by atoms with Crippen LogP contribution in [0.4, 0.5) is 0 Å². The highest BCUT2D eigenvalue weighted by molar-refractivity contribution is 5.97. The molecule has 1 aliphatic rings. The number of pyridine rings is 1. The summed E-state index contributed by atoms with van der Waals surface area (Å²) in [4.78, 5) is 41.1. The number of aliphatic hydroxyl groups excluding tert-OH is 1. The van der Waals surface area contributed by atoms with E-state index >= 15 is 0 Å². The summed E-state index contributed by atoms with van der Waals surface area (Å²) in [7, 11) is 0. The third-order valence-corrected chi connectivity index (χ3v) is 7.59. The lowest BCUT2D eigenvalue weighted by Crippen LogP contribution is -2.59. The second kappa shape index (κ2) is 13.2. The Balaban J connectivity index is 1.32. The van der Waals surface area contributed by atoms with Crippen LogP contribution in [0.15, 0.2) is 54.7 Å². The Hall–Kier alpha value is -4.50. The average molecular weight is 593 g/mol. The fourth-order valence-electron chi connectivity index (χ4n) is 5.24. The number of carboxylic acid groups (broad SMARTS) is 3. The SMILES string of the molecule is O=C(O)[C@@H](NCC[C@H](O)C(=O)O)[C@@H](CN1CC[C@H]1C(=O)O)OCc1cn(Cc2c3ccccc3nc3ccccc23)nn1. The normalized spacial score (nSPS) is 17.4. The van der Waals surface area contributed by atoms with Gasteiger partial charge in [-0.05, 0) is 37.1 Å². The Bertz CT molecular complexity index is 1570. The molecule has 5 rings (SSSR count). The van der Waals surface area contributed by atoms with Crippen LogP contribution >= 0.6 is 0 Å². The van der Waals surface area contributed by atoms with Crippen LogP contribution < -0.4 is 5.32 Å². The van der Waals surface area contributed by atoms with Gasteiger partial charge in [0.2, 0.25) is 0 Å². The van der Waals surface area contributed by atoms with E-state index in [1.54, 1.807) is 15.8 Å². The predicted molar refractivity (Wildman–Crippen MR) is 152 cm³/mol. The second-order valence-corrected chi connectivity index (χ2v) is 10.4. The largest absolute Gasteiger partial charge is 0.480 e.